The summed E-state index contributed by atoms with van der Waals surface area (Å²) in [4.78, 5) is 3.91. The van der Waals surface area contributed by atoms with Gasteiger partial charge in [0.1, 0.15) is 12.4 Å². The van der Waals surface area contributed by atoms with Crippen LogP contribution >= 0.6 is 0 Å². The Kier molecular flexibility index (Phi) is 3.28. The Bertz CT molecular complexity index is 633. The fraction of sp³-hybridized carbons (Fsp3) is 0.0625. The molecule has 0 fully saturated rings. The van der Waals surface area contributed by atoms with Gasteiger partial charge >= 0.3 is 0 Å². The number of hydrogen-bond donors (Lipinski definition) is 0. The molecule has 0 aliphatic heterocycles. The molecule has 1 aromatic heterocycles. The van der Waals surface area contributed by atoms with Gasteiger partial charge in [0.15, 0.2) is 12.2 Å². The van der Waals surface area contributed by atoms with Crippen LogP contribution in [0.25, 0.3) is 11.3 Å². The number of hydrogen-bond acceptors (Lipinski definition) is 3. The van der Waals surface area contributed by atoms with Crippen molar-refractivity contribution >= 4 is 0 Å². The summed E-state index contributed by atoms with van der Waals surface area (Å²) in [7, 11) is 0. The van der Waals surface area contributed by atoms with E-state index in [-0.39, 0.29) is 0 Å². The van der Waals surface area contributed by atoms with Crippen LogP contribution in [0.4, 0.5) is 0 Å². The second-order valence-electron chi connectivity index (χ2n) is 4.17. The number of benzene rings is 2. The molecule has 94 valence electrons. The van der Waals surface area contributed by atoms with Crippen LogP contribution in [-0.4, -0.2) is 4.98 Å². The molecule has 0 spiro atoms. The molecule has 0 amide bonds. The van der Waals surface area contributed by atoms with Gasteiger partial charge in [0.05, 0.1) is 6.20 Å². The quantitative estimate of drug-likeness (QED) is 0.705. The Hall–Kier alpha value is -2.55. The molecular formula is C16H13NO2. The minimum Gasteiger partial charge on any atom is -0.489 e. The zero-order valence-electron chi connectivity index (χ0n) is 10.3. The Morgan fingerprint density at radius 3 is 2.68 bits per heavy atom. The van der Waals surface area contributed by atoms with Gasteiger partial charge in [0, 0.05) is 5.56 Å². The lowest BCUT2D eigenvalue weighted by Crippen LogP contribution is -1.94. The van der Waals surface area contributed by atoms with Gasteiger partial charge in [0.2, 0.25) is 0 Å². The third-order valence-electron chi connectivity index (χ3n) is 2.80. The van der Waals surface area contributed by atoms with Crippen molar-refractivity contribution in [3.8, 4) is 17.1 Å². The molecule has 3 rings (SSSR count). The van der Waals surface area contributed by atoms with E-state index >= 15 is 0 Å². The zero-order valence-corrected chi connectivity index (χ0v) is 10.3. The Labute approximate surface area is 111 Å². The van der Waals surface area contributed by atoms with Gasteiger partial charge in [-0.1, -0.05) is 42.5 Å². The minimum absolute atomic E-state index is 0.556. The van der Waals surface area contributed by atoms with E-state index in [1.54, 1.807) is 6.20 Å². The number of rotatable bonds is 4. The van der Waals surface area contributed by atoms with Crippen LogP contribution in [0.2, 0.25) is 0 Å². The second kappa shape index (κ2) is 5.40. The SMILES string of the molecule is c1ccc(COc2cccc(-c3cnco3)c2)cc1. The van der Waals surface area contributed by atoms with Crippen LogP contribution < -0.4 is 4.74 Å². The highest BCUT2D eigenvalue weighted by Gasteiger charge is 2.03. The van der Waals surface area contributed by atoms with Gasteiger partial charge in [-0.25, -0.2) is 4.98 Å². The van der Waals surface area contributed by atoms with E-state index in [0.717, 1.165) is 22.6 Å². The summed E-state index contributed by atoms with van der Waals surface area (Å²) < 4.78 is 11.0. The zero-order chi connectivity index (χ0) is 12.9. The second-order valence-corrected chi connectivity index (χ2v) is 4.17. The summed E-state index contributed by atoms with van der Waals surface area (Å²) >= 11 is 0. The first-order valence-corrected chi connectivity index (χ1v) is 6.07. The lowest BCUT2D eigenvalue weighted by Gasteiger charge is -2.07. The standard InChI is InChI=1S/C16H13NO2/c1-2-5-13(6-3-1)11-18-15-8-4-7-14(9-15)16-10-17-12-19-16/h1-10,12H,11H2. The molecule has 0 aliphatic carbocycles. The molecule has 0 unspecified atom stereocenters. The fourth-order valence-corrected chi connectivity index (χ4v) is 1.84. The molecule has 0 saturated carbocycles. The van der Waals surface area contributed by atoms with E-state index in [1.807, 2.05) is 54.6 Å². The molecule has 3 aromatic rings. The highest BCUT2D eigenvalue weighted by atomic mass is 16.5. The van der Waals surface area contributed by atoms with Gasteiger partial charge in [-0.05, 0) is 17.7 Å². The van der Waals surface area contributed by atoms with Gasteiger partial charge in [-0.3, -0.25) is 0 Å². The van der Waals surface area contributed by atoms with Crippen LogP contribution in [0.1, 0.15) is 5.56 Å². The number of nitrogens with zero attached hydrogens (tertiary/aromatic N) is 1. The predicted octanol–water partition coefficient (Wildman–Crippen LogP) is 3.92. The third-order valence-corrected chi connectivity index (χ3v) is 2.80. The van der Waals surface area contributed by atoms with Crippen LogP contribution in [-0.2, 0) is 6.61 Å². The van der Waals surface area contributed by atoms with E-state index in [9.17, 15) is 0 Å². The van der Waals surface area contributed by atoms with Gasteiger partial charge in [-0.2, -0.15) is 0 Å². The van der Waals surface area contributed by atoms with Gasteiger partial charge in [0.25, 0.3) is 0 Å². The van der Waals surface area contributed by atoms with Crippen LogP contribution in [0, 0.1) is 0 Å². The smallest absolute Gasteiger partial charge is 0.181 e. The van der Waals surface area contributed by atoms with Gasteiger partial charge < -0.3 is 9.15 Å². The molecule has 0 atom stereocenters. The maximum atomic E-state index is 5.77. The maximum absolute atomic E-state index is 5.77. The van der Waals surface area contributed by atoms with Crippen molar-refractivity contribution in [2.24, 2.45) is 0 Å². The van der Waals surface area contributed by atoms with E-state index in [2.05, 4.69) is 4.98 Å². The molecule has 1 heterocycles. The third kappa shape index (κ3) is 2.83. The normalized spacial score (nSPS) is 10.3. The Morgan fingerprint density at radius 1 is 1.00 bits per heavy atom. The molecule has 3 heteroatoms. The highest BCUT2D eigenvalue weighted by Crippen LogP contribution is 2.23. The van der Waals surface area contributed by atoms with Crippen molar-refractivity contribution in [1.29, 1.82) is 0 Å². The van der Waals surface area contributed by atoms with Crippen molar-refractivity contribution < 1.29 is 9.15 Å². The number of oxazole rings is 1. The average Bonchev–Trinajstić information content (AvgIpc) is 3.01. The van der Waals surface area contributed by atoms with Crippen LogP contribution in [0.3, 0.4) is 0 Å². The molecule has 0 radical (unpaired) electrons. The van der Waals surface area contributed by atoms with Crippen molar-refractivity contribution in [3.05, 3.63) is 72.8 Å². The lowest BCUT2D eigenvalue weighted by atomic mass is 10.2. The van der Waals surface area contributed by atoms with E-state index in [4.69, 9.17) is 9.15 Å². The summed E-state index contributed by atoms with van der Waals surface area (Å²) in [6.07, 6.45) is 3.11. The molecular weight excluding hydrogens is 238 g/mol. The van der Waals surface area contributed by atoms with E-state index in [1.165, 1.54) is 6.39 Å². The Balaban J connectivity index is 1.74. The van der Waals surface area contributed by atoms with Crippen molar-refractivity contribution in [2.45, 2.75) is 6.61 Å². The summed E-state index contributed by atoms with van der Waals surface area (Å²) in [5, 5.41) is 0. The average molecular weight is 251 g/mol. The minimum atomic E-state index is 0.556. The molecule has 3 nitrogen and oxygen atoms in total. The molecule has 19 heavy (non-hydrogen) atoms. The van der Waals surface area contributed by atoms with Crippen molar-refractivity contribution in [1.82, 2.24) is 4.98 Å². The molecule has 0 saturated heterocycles. The monoisotopic (exact) mass is 251 g/mol. The van der Waals surface area contributed by atoms with Crippen molar-refractivity contribution in [2.75, 3.05) is 0 Å². The van der Waals surface area contributed by atoms with Crippen LogP contribution in [0.15, 0.2) is 71.6 Å². The fourth-order valence-electron chi connectivity index (χ4n) is 1.84. The summed E-state index contributed by atoms with van der Waals surface area (Å²) in [5.74, 6) is 1.56. The summed E-state index contributed by atoms with van der Waals surface area (Å²) in [5.41, 5.74) is 2.11. The number of aromatic nitrogens is 1. The first kappa shape index (κ1) is 11.5. The first-order valence-electron chi connectivity index (χ1n) is 6.07. The Morgan fingerprint density at radius 2 is 1.89 bits per heavy atom. The van der Waals surface area contributed by atoms with Crippen molar-refractivity contribution in [3.63, 3.8) is 0 Å². The summed E-state index contributed by atoms with van der Waals surface area (Å²) in [6.45, 7) is 0.556. The van der Waals surface area contributed by atoms with Gasteiger partial charge in [-0.15, -0.1) is 0 Å². The molecule has 0 N–H and O–H groups in total. The highest BCUT2D eigenvalue weighted by molar-refractivity contribution is 5.58. The summed E-state index contributed by atoms with van der Waals surface area (Å²) in [6, 6.07) is 17.9. The number of ether oxygens (including phenoxy) is 1. The largest absolute Gasteiger partial charge is 0.489 e. The predicted molar refractivity (Wildman–Crippen MR) is 72.7 cm³/mol. The van der Waals surface area contributed by atoms with E-state index < -0.39 is 0 Å². The first-order chi connectivity index (χ1) is 9.42. The topological polar surface area (TPSA) is 35.3 Å². The molecule has 2 aromatic carbocycles. The molecule has 0 bridgehead atoms. The van der Waals surface area contributed by atoms with Crippen LogP contribution in [0.5, 0.6) is 5.75 Å². The lowest BCUT2D eigenvalue weighted by molar-refractivity contribution is 0.306. The maximum Gasteiger partial charge on any atom is 0.181 e. The van der Waals surface area contributed by atoms with E-state index in [0.29, 0.717) is 6.61 Å². The molecule has 0 aliphatic rings.